The fraction of sp³-hybridized carbons (Fsp3) is 0.273. The minimum Gasteiger partial charge on any atom is -0.481 e. The van der Waals surface area contributed by atoms with Gasteiger partial charge in [0.2, 0.25) is 0 Å². The number of hydrogen-bond donors (Lipinski definition) is 0. The fourth-order valence-corrected chi connectivity index (χ4v) is 3.62. The van der Waals surface area contributed by atoms with E-state index in [-0.39, 0.29) is 24.2 Å². The molecule has 1 aliphatic rings. The van der Waals surface area contributed by atoms with Gasteiger partial charge in [0.15, 0.2) is 6.61 Å². The summed E-state index contributed by atoms with van der Waals surface area (Å²) < 4.78 is 21.6. The number of piperazine rings is 1. The van der Waals surface area contributed by atoms with E-state index in [1.807, 2.05) is 18.2 Å². The number of amides is 2. The van der Waals surface area contributed by atoms with Gasteiger partial charge in [-0.1, -0.05) is 24.3 Å². The lowest BCUT2D eigenvalue weighted by Crippen LogP contribution is -2.51. The Morgan fingerprint density at radius 3 is 2.38 bits per heavy atom. The molecule has 1 fully saturated rings. The van der Waals surface area contributed by atoms with Crippen LogP contribution in [-0.2, 0) is 11.8 Å². The molecule has 1 aliphatic heterocycles. The number of nitrogens with zero attached hydrogens (tertiary/aromatic N) is 3. The molecule has 4 rings (SSSR count). The third-order valence-electron chi connectivity index (χ3n) is 5.22. The van der Waals surface area contributed by atoms with E-state index in [9.17, 15) is 14.0 Å². The maximum absolute atomic E-state index is 14.2. The molecule has 1 saturated heterocycles. The van der Waals surface area contributed by atoms with Crippen molar-refractivity contribution >= 4 is 22.7 Å². The summed E-state index contributed by atoms with van der Waals surface area (Å²) in [5, 5.41) is 0.376. The standard InChI is InChI=1S/C22H22FN3O3/c1-24-14-19(21-17(23)8-5-9-18(21)24)29-15-20(27)25-10-12-26(13-11-25)22(28)16-6-3-2-4-7-16/h2-9,14H,10-13,15H2,1H3. The molecule has 0 bridgehead atoms. The summed E-state index contributed by atoms with van der Waals surface area (Å²) in [5.41, 5.74) is 1.36. The number of rotatable bonds is 4. The molecule has 29 heavy (non-hydrogen) atoms. The largest absolute Gasteiger partial charge is 0.481 e. The first kappa shape index (κ1) is 19.0. The first-order valence-electron chi connectivity index (χ1n) is 9.53. The van der Waals surface area contributed by atoms with Crippen molar-refractivity contribution in [2.75, 3.05) is 32.8 Å². The molecule has 0 radical (unpaired) electrons. The summed E-state index contributed by atoms with van der Waals surface area (Å²) in [6, 6.07) is 13.9. The molecule has 0 unspecified atom stereocenters. The molecule has 0 atom stereocenters. The average Bonchev–Trinajstić information content (AvgIpc) is 3.09. The molecular weight excluding hydrogens is 373 g/mol. The van der Waals surface area contributed by atoms with Gasteiger partial charge in [-0.05, 0) is 24.3 Å². The van der Waals surface area contributed by atoms with Crippen LogP contribution in [0.4, 0.5) is 4.39 Å². The van der Waals surface area contributed by atoms with Gasteiger partial charge in [-0.2, -0.15) is 0 Å². The molecule has 7 heteroatoms. The maximum atomic E-state index is 14.2. The quantitative estimate of drug-likeness (QED) is 0.683. The van der Waals surface area contributed by atoms with Crippen molar-refractivity contribution < 1.29 is 18.7 Å². The second-order valence-electron chi connectivity index (χ2n) is 7.07. The molecule has 1 aromatic heterocycles. The summed E-state index contributed by atoms with van der Waals surface area (Å²) in [7, 11) is 1.80. The summed E-state index contributed by atoms with van der Waals surface area (Å²) in [5.74, 6) is -0.226. The van der Waals surface area contributed by atoms with Gasteiger partial charge in [-0.25, -0.2) is 4.39 Å². The van der Waals surface area contributed by atoms with Crippen molar-refractivity contribution in [3.8, 4) is 5.75 Å². The van der Waals surface area contributed by atoms with Gasteiger partial charge in [0.1, 0.15) is 11.6 Å². The molecule has 2 amide bonds. The Labute approximate surface area is 168 Å². The molecule has 2 aromatic carbocycles. The van der Waals surface area contributed by atoms with Gasteiger partial charge >= 0.3 is 0 Å². The lowest BCUT2D eigenvalue weighted by Gasteiger charge is -2.34. The number of ether oxygens (including phenoxy) is 1. The third-order valence-corrected chi connectivity index (χ3v) is 5.22. The molecular formula is C22H22FN3O3. The number of hydrogen-bond acceptors (Lipinski definition) is 3. The Bertz CT molecular complexity index is 1040. The van der Waals surface area contributed by atoms with Gasteiger partial charge < -0.3 is 19.1 Å². The zero-order valence-electron chi connectivity index (χ0n) is 16.2. The average molecular weight is 395 g/mol. The topological polar surface area (TPSA) is 54.8 Å². The van der Waals surface area contributed by atoms with Crippen LogP contribution in [0.2, 0.25) is 0 Å². The molecule has 150 valence electrons. The van der Waals surface area contributed by atoms with Crippen molar-refractivity contribution in [2.45, 2.75) is 0 Å². The van der Waals surface area contributed by atoms with E-state index < -0.39 is 0 Å². The first-order chi connectivity index (χ1) is 14.0. The van der Waals surface area contributed by atoms with Gasteiger partial charge in [-0.15, -0.1) is 0 Å². The second-order valence-corrected chi connectivity index (χ2v) is 7.07. The van der Waals surface area contributed by atoms with E-state index in [1.165, 1.54) is 6.07 Å². The molecule has 0 spiro atoms. The predicted molar refractivity (Wildman–Crippen MR) is 107 cm³/mol. The monoisotopic (exact) mass is 395 g/mol. The number of fused-ring (bicyclic) bond motifs is 1. The first-order valence-corrected chi connectivity index (χ1v) is 9.53. The van der Waals surface area contributed by atoms with Crippen LogP contribution in [0.25, 0.3) is 10.9 Å². The van der Waals surface area contributed by atoms with Gasteiger partial charge in [0.05, 0.1) is 10.9 Å². The van der Waals surface area contributed by atoms with Crippen LogP contribution in [0.1, 0.15) is 10.4 Å². The number of aromatic nitrogens is 1. The smallest absolute Gasteiger partial charge is 0.260 e. The highest BCUT2D eigenvalue weighted by Crippen LogP contribution is 2.29. The normalized spacial score (nSPS) is 14.3. The van der Waals surface area contributed by atoms with E-state index in [0.29, 0.717) is 48.4 Å². The molecule has 2 heterocycles. The SMILES string of the molecule is Cn1cc(OCC(=O)N2CCN(C(=O)c3ccccc3)CC2)c2c(F)cccc21. The summed E-state index contributed by atoms with van der Waals surface area (Å²) >= 11 is 0. The lowest BCUT2D eigenvalue weighted by molar-refractivity contribution is -0.134. The number of benzene rings is 2. The summed E-state index contributed by atoms with van der Waals surface area (Å²) in [6.07, 6.45) is 1.68. The summed E-state index contributed by atoms with van der Waals surface area (Å²) in [6.45, 7) is 1.68. The van der Waals surface area contributed by atoms with Crippen molar-refractivity contribution in [1.29, 1.82) is 0 Å². The van der Waals surface area contributed by atoms with Crippen LogP contribution >= 0.6 is 0 Å². The van der Waals surface area contributed by atoms with E-state index in [0.717, 1.165) is 0 Å². The molecule has 0 N–H and O–H groups in total. The van der Waals surface area contributed by atoms with Crippen LogP contribution in [0.3, 0.4) is 0 Å². The Morgan fingerprint density at radius 2 is 1.66 bits per heavy atom. The van der Waals surface area contributed by atoms with E-state index in [1.54, 1.807) is 51.9 Å². The van der Waals surface area contributed by atoms with Gasteiger partial charge in [-0.3, -0.25) is 9.59 Å². The highest BCUT2D eigenvalue weighted by molar-refractivity contribution is 5.94. The fourth-order valence-electron chi connectivity index (χ4n) is 3.62. The number of carbonyl (C=O) groups is 2. The number of carbonyl (C=O) groups excluding carboxylic acids is 2. The van der Waals surface area contributed by atoms with Crippen LogP contribution in [0.5, 0.6) is 5.75 Å². The molecule has 0 aliphatic carbocycles. The van der Waals surface area contributed by atoms with E-state index in [2.05, 4.69) is 0 Å². The van der Waals surface area contributed by atoms with Crippen molar-refractivity contribution in [3.63, 3.8) is 0 Å². The molecule has 6 nitrogen and oxygen atoms in total. The number of halogens is 1. The minimum atomic E-state index is -0.376. The Balaban J connectivity index is 1.35. The van der Waals surface area contributed by atoms with Crippen molar-refractivity contribution in [3.05, 3.63) is 66.1 Å². The van der Waals surface area contributed by atoms with Crippen molar-refractivity contribution in [1.82, 2.24) is 14.4 Å². The lowest BCUT2D eigenvalue weighted by atomic mass is 10.2. The second kappa shape index (κ2) is 7.95. The van der Waals surface area contributed by atoms with Gasteiger partial charge in [0, 0.05) is 45.0 Å². The predicted octanol–water partition coefficient (Wildman–Crippen LogP) is 2.68. The Morgan fingerprint density at radius 1 is 0.966 bits per heavy atom. The number of aryl methyl sites for hydroxylation is 1. The summed E-state index contributed by atoms with van der Waals surface area (Å²) in [4.78, 5) is 28.5. The highest BCUT2D eigenvalue weighted by atomic mass is 19.1. The van der Waals surface area contributed by atoms with E-state index >= 15 is 0 Å². The third kappa shape index (κ3) is 3.81. The van der Waals surface area contributed by atoms with Crippen LogP contribution in [0, 0.1) is 5.82 Å². The van der Waals surface area contributed by atoms with Crippen LogP contribution in [-0.4, -0.2) is 59.0 Å². The van der Waals surface area contributed by atoms with Gasteiger partial charge in [0.25, 0.3) is 11.8 Å². The van der Waals surface area contributed by atoms with Crippen LogP contribution < -0.4 is 4.74 Å². The highest BCUT2D eigenvalue weighted by Gasteiger charge is 2.25. The Kier molecular flexibility index (Phi) is 5.20. The maximum Gasteiger partial charge on any atom is 0.260 e. The molecule has 0 saturated carbocycles. The Hall–Kier alpha value is -3.35. The van der Waals surface area contributed by atoms with Crippen molar-refractivity contribution in [2.24, 2.45) is 7.05 Å². The zero-order valence-corrected chi connectivity index (χ0v) is 16.2. The molecule has 3 aromatic rings. The van der Waals surface area contributed by atoms with Crippen LogP contribution in [0.15, 0.2) is 54.7 Å². The zero-order chi connectivity index (χ0) is 20.4. The van der Waals surface area contributed by atoms with E-state index in [4.69, 9.17) is 4.74 Å². The minimum absolute atomic E-state index is 0.0276.